The van der Waals surface area contributed by atoms with Crippen molar-refractivity contribution in [2.45, 2.75) is 84.6 Å². The van der Waals surface area contributed by atoms with Gasteiger partial charge in [0.15, 0.2) is 0 Å². The van der Waals surface area contributed by atoms with E-state index in [2.05, 4.69) is 39.8 Å². The van der Waals surface area contributed by atoms with E-state index in [1.807, 2.05) is 0 Å². The molecule has 1 aliphatic carbocycles. The van der Waals surface area contributed by atoms with Gasteiger partial charge in [0.1, 0.15) is 0 Å². The van der Waals surface area contributed by atoms with E-state index in [4.69, 9.17) is 0 Å². The fraction of sp³-hybridized carbons (Fsp3) is 1.00. The van der Waals surface area contributed by atoms with Crippen LogP contribution in [0.5, 0.6) is 0 Å². The summed E-state index contributed by atoms with van der Waals surface area (Å²) in [7, 11) is 4.47. The molecule has 0 aromatic heterocycles. The monoisotopic (exact) mass is 253 g/mol. The van der Waals surface area contributed by atoms with Crippen molar-refractivity contribution in [2.75, 3.05) is 14.1 Å². The number of hydrogen-bond acceptors (Lipinski definition) is 1. The van der Waals surface area contributed by atoms with E-state index in [-0.39, 0.29) is 0 Å². The van der Waals surface area contributed by atoms with Crippen molar-refractivity contribution in [1.29, 1.82) is 0 Å². The van der Waals surface area contributed by atoms with Gasteiger partial charge in [-0.15, -0.1) is 0 Å². The van der Waals surface area contributed by atoms with Crippen LogP contribution in [-0.2, 0) is 0 Å². The third kappa shape index (κ3) is 4.91. The normalized spacial score (nSPS) is 25.7. The number of hydrogen-bond donors (Lipinski definition) is 0. The van der Waals surface area contributed by atoms with E-state index in [1.54, 1.807) is 0 Å². The minimum Gasteiger partial charge on any atom is -0.306 e. The van der Waals surface area contributed by atoms with Gasteiger partial charge >= 0.3 is 0 Å². The lowest BCUT2D eigenvalue weighted by Gasteiger charge is -2.41. The van der Waals surface area contributed by atoms with Gasteiger partial charge in [0.05, 0.1) is 0 Å². The molecule has 1 rings (SSSR count). The lowest BCUT2D eigenvalue weighted by molar-refractivity contribution is 0.102. The average Bonchev–Trinajstić information content (AvgIpc) is 2.35. The van der Waals surface area contributed by atoms with E-state index in [9.17, 15) is 0 Å². The van der Waals surface area contributed by atoms with E-state index in [1.165, 1.54) is 57.8 Å². The average molecular weight is 253 g/mol. The molecule has 0 spiro atoms. The number of nitrogens with zero attached hydrogens (tertiary/aromatic N) is 1. The molecule has 0 atom stereocenters. The first-order valence-corrected chi connectivity index (χ1v) is 8.13. The summed E-state index contributed by atoms with van der Waals surface area (Å²) in [6.07, 6.45) is 12.8. The van der Waals surface area contributed by atoms with Crippen LogP contribution in [0.25, 0.3) is 0 Å². The summed E-state index contributed by atoms with van der Waals surface area (Å²) in [6, 6.07) is 0.845. The van der Waals surface area contributed by atoms with Crippen molar-refractivity contribution in [3.8, 4) is 0 Å². The lowest BCUT2D eigenvalue weighted by Crippen LogP contribution is -2.36. The van der Waals surface area contributed by atoms with Gasteiger partial charge in [-0.05, 0) is 57.5 Å². The van der Waals surface area contributed by atoms with Gasteiger partial charge in [0.25, 0.3) is 0 Å². The first-order valence-electron chi connectivity index (χ1n) is 8.13. The zero-order valence-electron chi connectivity index (χ0n) is 13.5. The Morgan fingerprint density at radius 3 is 2.06 bits per heavy atom. The van der Waals surface area contributed by atoms with Crippen molar-refractivity contribution < 1.29 is 0 Å². The molecule has 1 fully saturated rings. The van der Waals surface area contributed by atoms with Crippen molar-refractivity contribution in [3.63, 3.8) is 0 Å². The second-order valence-electron chi connectivity index (χ2n) is 7.27. The van der Waals surface area contributed by atoms with Gasteiger partial charge in [0, 0.05) is 6.04 Å². The van der Waals surface area contributed by atoms with E-state index in [0.717, 1.165) is 12.0 Å². The molecule has 18 heavy (non-hydrogen) atoms. The van der Waals surface area contributed by atoms with Crippen molar-refractivity contribution in [1.82, 2.24) is 4.90 Å². The summed E-state index contributed by atoms with van der Waals surface area (Å²) in [5.74, 6) is 0.968. The predicted molar refractivity (Wildman–Crippen MR) is 82.0 cm³/mol. The molecular formula is C17H35N. The van der Waals surface area contributed by atoms with Crippen LogP contribution in [0.15, 0.2) is 0 Å². The Hall–Kier alpha value is -0.0400. The smallest absolute Gasteiger partial charge is 0.00893 e. The van der Waals surface area contributed by atoms with Crippen LogP contribution < -0.4 is 0 Å². The Kier molecular flexibility index (Phi) is 6.70. The van der Waals surface area contributed by atoms with Crippen LogP contribution in [0.2, 0.25) is 0 Å². The van der Waals surface area contributed by atoms with Crippen LogP contribution in [0, 0.1) is 11.3 Å². The highest BCUT2D eigenvalue weighted by Gasteiger charge is 2.32. The Bertz CT molecular complexity index is 212. The first kappa shape index (κ1) is 16.0. The highest BCUT2D eigenvalue weighted by molar-refractivity contribution is 4.85. The van der Waals surface area contributed by atoms with Crippen LogP contribution >= 0.6 is 0 Å². The summed E-state index contributed by atoms with van der Waals surface area (Å²) in [6.45, 7) is 7.33. The third-order valence-corrected chi connectivity index (χ3v) is 5.21. The highest BCUT2D eigenvalue weighted by Crippen LogP contribution is 2.42. The van der Waals surface area contributed by atoms with Crippen LogP contribution in [0.1, 0.15) is 78.6 Å². The minimum absolute atomic E-state index is 0.574. The van der Waals surface area contributed by atoms with Crippen molar-refractivity contribution in [2.24, 2.45) is 11.3 Å². The molecule has 0 aliphatic heterocycles. The molecule has 1 saturated carbocycles. The molecule has 0 heterocycles. The topological polar surface area (TPSA) is 3.24 Å². The first-order chi connectivity index (χ1) is 8.47. The minimum atomic E-state index is 0.574. The second-order valence-corrected chi connectivity index (χ2v) is 7.27. The van der Waals surface area contributed by atoms with Crippen molar-refractivity contribution >= 4 is 0 Å². The fourth-order valence-corrected chi connectivity index (χ4v) is 3.59. The van der Waals surface area contributed by atoms with E-state index in [0.29, 0.717) is 5.41 Å². The van der Waals surface area contributed by atoms with Gasteiger partial charge in [-0.2, -0.15) is 0 Å². The zero-order chi connectivity index (χ0) is 13.6. The molecule has 0 unspecified atom stereocenters. The molecule has 1 nitrogen and oxygen atoms in total. The summed E-state index contributed by atoms with van der Waals surface area (Å²) in [4.78, 5) is 2.42. The maximum absolute atomic E-state index is 2.51. The molecule has 0 saturated heterocycles. The summed E-state index contributed by atoms with van der Waals surface area (Å²) >= 11 is 0. The summed E-state index contributed by atoms with van der Waals surface area (Å²) < 4.78 is 0. The van der Waals surface area contributed by atoms with Gasteiger partial charge < -0.3 is 4.90 Å². The number of unbranched alkanes of at least 4 members (excludes halogenated alkanes) is 3. The van der Waals surface area contributed by atoms with Gasteiger partial charge in [-0.3, -0.25) is 0 Å². The highest BCUT2D eigenvalue weighted by atomic mass is 15.1. The third-order valence-electron chi connectivity index (χ3n) is 5.21. The fourth-order valence-electron chi connectivity index (χ4n) is 3.59. The Morgan fingerprint density at radius 1 is 0.944 bits per heavy atom. The van der Waals surface area contributed by atoms with Crippen molar-refractivity contribution in [3.05, 3.63) is 0 Å². The molecule has 0 aromatic rings. The molecule has 1 heteroatoms. The van der Waals surface area contributed by atoms with Crippen LogP contribution in [0.4, 0.5) is 0 Å². The SMILES string of the molecule is CCCCCCC(C)(C)C1CCC(N(C)C)CC1. The van der Waals surface area contributed by atoms with Crippen LogP contribution in [-0.4, -0.2) is 25.0 Å². The van der Waals surface area contributed by atoms with Crippen LogP contribution in [0.3, 0.4) is 0 Å². The quantitative estimate of drug-likeness (QED) is 0.570. The van der Waals surface area contributed by atoms with Gasteiger partial charge in [0.2, 0.25) is 0 Å². The Labute approximate surface area is 115 Å². The summed E-state index contributed by atoms with van der Waals surface area (Å²) in [5.41, 5.74) is 0.574. The maximum atomic E-state index is 2.51. The Morgan fingerprint density at radius 2 is 1.56 bits per heavy atom. The molecule has 0 radical (unpaired) electrons. The molecule has 1 aliphatic rings. The largest absolute Gasteiger partial charge is 0.306 e. The number of rotatable bonds is 7. The van der Waals surface area contributed by atoms with E-state index < -0.39 is 0 Å². The molecule has 0 amide bonds. The molecular weight excluding hydrogens is 218 g/mol. The predicted octanol–water partition coefficient (Wildman–Crippen LogP) is 5.10. The zero-order valence-corrected chi connectivity index (χ0v) is 13.5. The standard InChI is InChI=1S/C17H35N/c1-6-7-8-9-14-17(2,3)15-10-12-16(13-11-15)18(4)5/h15-16H,6-14H2,1-5H3. The van der Waals surface area contributed by atoms with E-state index >= 15 is 0 Å². The molecule has 0 bridgehead atoms. The summed E-state index contributed by atoms with van der Waals surface area (Å²) in [5, 5.41) is 0. The second kappa shape index (κ2) is 7.53. The van der Waals surface area contributed by atoms with Gasteiger partial charge in [-0.1, -0.05) is 46.5 Å². The molecule has 0 aromatic carbocycles. The lowest BCUT2D eigenvalue weighted by atomic mass is 9.68. The van der Waals surface area contributed by atoms with Gasteiger partial charge in [-0.25, -0.2) is 0 Å². The molecule has 108 valence electrons. The molecule has 0 N–H and O–H groups in total. The Balaban J connectivity index is 2.30. The maximum Gasteiger partial charge on any atom is 0.00893 e.